The zero-order valence-electron chi connectivity index (χ0n) is 32.0. The van der Waals surface area contributed by atoms with Gasteiger partial charge in [0.2, 0.25) is 5.82 Å². The molecular formula is C37H46N8O12. The number of aliphatic hydroxyl groups is 1. The minimum Gasteiger partial charge on any atom is -0.466 e. The number of aromatic amines is 1. The maximum atomic E-state index is 14.4. The molecule has 0 radical (unpaired) electrons. The van der Waals surface area contributed by atoms with E-state index in [1.165, 1.54) is 13.8 Å². The van der Waals surface area contributed by atoms with Gasteiger partial charge < -0.3 is 28.8 Å². The smallest absolute Gasteiger partial charge is 0.309 e. The van der Waals surface area contributed by atoms with Crippen LogP contribution in [0.4, 0.5) is 0 Å². The Labute approximate surface area is 327 Å². The quantitative estimate of drug-likeness (QED) is 0.0305. The second-order valence-corrected chi connectivity index (χ2v) is 13.5. The van der Waals surface area contributed by atoms with E-state index >= 15 is 0 Å². The van der Waals surface area contributed by atoms with E-state index in [-0.39, 0.29) is 70.0 Å². The number of esters is 2. The molecule has 0 saturated heterocycles. The molecule has 1 atom stereocenters. The summed E-state index contributed by atoms with van der Waals surface area (Å²) in [7, 11) is 0. The molecule has 2 heterocycles. The van der Waals surface area contributed by atoms with Gasteiger partial charge >= 0.3 is 11.9 Å². The van der Waals surface area contributed by atoms with Gasteiger partial charge in [-0.3, -0.25) is 14.4 Å². The molecule has 0 fully saturated rings. The predicted octanol–water partition coefficient (Wildman–Crippen LogP) is 4.60. The minimum atomic E-state index is -1.57. The molecule has 0 aliphatic carbocycles. The highest BCUT2D eigenvalue weighted by Gasteiger charge is 2.35. The van der Waals surface area contributed by atoms with Crippen LogP contribution in [0.15, 0.2) is 48.5 Å². The number of ether oxygens (including phenoxy) is 2. The van der Waals surface area contributed by atoms with Crippen LogP contribution in [-0.4, -0.2) is 89.6 Å². The number of rotatable bonds is 25. The van der Waals surface area contributed by atoms with Crippen molar-refractivity contribution in [3.05, 3.63) is 91.5 Å². The van der Waals surface area contributed by atoms with Crippen LogP contribution in [0.25, 0.3) is 22.5 Å². The van der Waals surface area contributed by atoms with Gasteiger partial charge in [-0.25, -0.2) is 4.98 Å². The molecule has 4 rings (SSSR count). The number of aromatic nitrogens is 6. The average molecular weight is 795 g/mol. The third kappa shape index (κ3) is 13.2. The molecule has 0 amide bonds. The Morgan fingerprint density at radius 3 is 2.07 bits per heavy atom. The van der Waals surface area contributed by atoms with Crippen LogP contribution in [0.5, 0.6) is 0 Å². The Morgan fingerprint density at radius 2 is 1.49 bits per heavy atom. The number of H-pyrrole nitrogens is 1. The normalized spacial score (nSPS) is 11.8. The van der Waals surface area contributed by atoms with Crippen molar-refractivity contribution in [1.82, 2.24) is 30.2 Å². The monoisotopic (exact) mass is 794 g/mol. The third-order valence-electron chi connectivity index (χ3n) is 8.64. The summed E-state index contributed by atoms with van der Waals surface area (Å²) in [5.41, 5.74) is 1.98. The Kier molecular flexibility index (Phi) is 16.1. The molecular weight excluding hydrogens is 748 g/mol. The summed E-state index contributed by atoms with van der Waals surface area (Å²) in [5, 5.41) is 44.6. The predicted molar refractivity (Wildman–Crippen MR) is 199 cm³/mol. The molecule has 57 heavy (non-hydrogen) atoms. The van der Waals surface area contributed by atoms with E-state index in [0.717, 1.165) is 22.3 Å². The molecule has 0 saturated carbocycles. The van der Waals surface area contributed by atoms with Crippen molar-refractivity contribution >= 4 is 17.7 Å². The van der Waals surface area contributed by atoms with Gasteiger partial charge in [0.25, 0.3) is 10.2 Å². The number of nitrogens with one attached hydrogen (secondary N) is 1. The lowest BCUT2D eigenvalue weighted by Crippen LogP contribution is -2.28. The van der Waals surface area contributed by atoms with Crippen LogP contribution in [0.2, 0.25) is 0 Å². The topological polar surface area (TPSA) is 267 Å². The highest BCUT2D eigenvalue weighted by Crippen LogP contribution is 2.32. The van der Waals surface area contributed by atoms with Crippen LogP contribution in [-0.2, 0) is 47.3 Å². The highest BCUT2D eigenvalue weighted by atomic mass is 17.0. The first-order valence-electron chi connectivity index (χ1n) is 18.4. The summed E-state index contributed by atoms with van der Waals surface area (Å²) in [6.07, 6.45) is 1.03. The molecule has 0 unspecified atom stereocenters. The van der Waals surface area contributed by atoms with Gasteiger partial charge in [0.1, 0.15) is 22.8 Å². The number of aryl methyl sites for hydroxylation is 1. The lowest BCUT2D eigenvalue weighted by Gasteiger charge is -2.20. The van der Waals surface area contributed by atoms with E-state index in [0.29, 0.717) is 24.5 Å². The van der Waals surface area contributed by atoms with Crippen LogP contribution >= 0.6 is 0 Å². The number of ketones is 1. The van der Waals surface area contributed by atoms with Crippen LogP contribution in [0, 0.1) is 26.1 Å². The highest BCUT2D eigenvalue weighted by molar-refractivity contribution is 5.99. The average Bonchev–Trinajstić information content (AvgIpc) is 3.83. The van der Waals surface area contributed by atoms with Gasteiger partial charge in [0, 0.05) is 24.9 Å². The second kappa shape index (κ2) is 21.1. The van der Waals surface area contributed by atoms with E-state index in [9.17, 15) is 39.7 Å². The molecule has 0 bridgehead atoms. The van der Waals surface area contributed by atoms with Crippen molar-refractivity contribution in [2.24, 2.45) is 5.92 Å². The van der Waals surface area contributed by atoms with Gasteiger partial charge in [-0.2, -0.15) is 5.21 Å². The molecule has 2 N–H and O–H groups in total. The molecule has 2 aromatic heterocycles. The first kappa shape index (κ1) is 43.4. The first-order valence-corrected chi connectivity index (χ1v) is 18.4. The van der Waals surface area contributed by atoms with Crippen molar-refractivity contribution in [2.75, 3.05) is 26.4 Å². The van der Waals surface area contributed by atoms with Crippen LogP contribution in [0.3, 0.4) is 0 Å². The summed E-state index contributed by atoms with van der Waals surface area (Å²) < 4.78 is 12.4. The molecule has 0 spiro atoms. The summed E-state index contributed by atoms with van der Waals surface area (Å²) in [4.78, 5) is 74.7. The Balaban J connectivity index is 1.59. The SMILES string of the molecule is CCCc1nc(C(C)(C)O)c(C(=O)C[C@@H](CC(=O)OCCCCO[N+](=O)[O-])C(=O)OCCCCO[N+](=O)[O-])n1Cc1ccc(-c2ccccc2-c2nn[nH]n2)cc1. The van der Waals surface area contributed by atoms with Crippen molar-refractivity contribution < 1.29 is 48.8 Å². The number of tetrazole rings is 1. The van der Waals surface area contributed by atoms with E-state index in [1.807, 2.05) is 55.5 Å². The Bertz CT molecular complexity index is 1960. The molecule has 306 valence electrons. The summed E-state index contributed by atoms with van der Waals surface area (Å²) >= 11 is 0. The van der Waals surface area contributed by atoms with E-state index in [4.69, 9.17) is 14.5 Å². The number of hydrogen-bond donors (Lipinski definition) is 2. The van der Waals surface area contributed by atoms with Crippen LogP contribution in [0.1, 0.15) is 93.3 Å². The zero-order valence-corrected chi connectivity index (χ0v) is 32.0. The van der Waals surface area contributed by atoms with Gasteiger partial charge in [-0.15, -0.1) is 30.4 Å². The number of Topliss-reactive ketones (excluding diaryl/α,β-unsaturated/α-hetero) is 1. The molecule has 2 aromatic carbocycles. The number of carbonyl (C=O) groups excluding carboxylic acids is 3. The number of hydrogen-bond acceptors (Lipinski definition) is 16. The summed E-state index contributed by atoms with van der Waals surface area (Å²) in [5.74, 6) is -2.55. The number of unbranched alkanes of at least 4 members (excludes halogenated alkanes) is 2. The van der Waals surface area contributed by atoms with Crippen molar-refractivity contribution in [2.45, 2.75) is 84.3 Å². The fourth-order valence-corrected chi connectivity index (χ4v) is 5.95. The first-order chi connectivity index (χ1) is 27.3. The van der Waals surface area contributed by atoms with Gasteiger partial charge in [0.15, 0.2) is 5.78 Å². The number of benzene rings is 2. The fraction of sp³-hybridized carbons (Fsp3) is 0.486. The molecule has 0 aliphatic rings. The van der Waals surface area contributed by atoms with E-state index < -0.39 is 52.3 Å². The maximum Gasteiger partial charge on any atom is 0.309 e. The largest absolute Gasteiger partial charge is 0.466 e. The zero-order chi connectivity index (χ0) is 41.4. The van der Waals surface area contributed by atoms with Crippen molar-refractivity contribution in [1.29, 1.82) is 0 Å². The molecule has 0 aliphatic heterocycles. The number of imidazole rings is 1. The number of nitrogens with zero attached hydrogens (tertiary/aromatic N) is 7. The Morgan fingerprint density at radius 1 is 0.877 bits per heavy atom. The standard InChI is InChI=1S/C37H46N8O12/c1-4-11-31-38-34(37(2,3)49)33(43(31)24-25-14-16-26(17-15-25)28-12-5-6-13-29(28)35-39-41-42-40-35)30(46)22-27(36(48)55-19-8-10-21-57-45(52)53)23-32(47)54-18-7-9-20-56-44(50)51/h5-6,12-17,27,49H,4,7-11,18-24H2,1-3H3,(H,39,40,41,42)/t27-/m0/s1. The van der Waals surface area contributed by atoms with Gasteiger partial charge in [-0.05, 0) is 67.9 Å². The molecule has 20 nitrogen and oxygen atoms in total. The second-order valence-electron chi connectivity index (χ2n) is 13.5. The maximum absolute atomic E-state index is 14.4. The van der Waals surface area contributed by atoms with Gasteiger partial charge in [-0.1, -0.05) is 55.5 Å². The third-order valence-corrected chi connectivity index (χ3v) is 8.64. The van der Waals surface area contributed by atoms with Crippen molar-refractivity contribution in [3.63, 3.8) is 0 Å². The van der Waals surface area contributed by atoms with Crippen molar-refractivity contribution in [3.8, 4) is 22.5 Å². The van der Waals surface area contributed by atoms with Gasteiger partial charge in [0.05, 0.1) is 38.8 Å². The van der Waals surface area contributed by atoms with E-state index in [1.54, 1.807) is 4.57 Å². The fourth-order valence-electron chi connectivity index (χ4n) is 5.95. The minimum absolute atomic E-state index is 0.0753. The van der Waals surface area contributed by atoms with Crippen LogP contribution < -0.4 is 0 Å². The summed E-state index contributed by atoms with van der Waals surface area (Å²) in [6, 6.07) is 15.3. The summed E-state index contributed by atoms with van der Waals surface area (Å²) in [6.45, 7) is 4.51. The lowest BCUT2D eigenvalue weighted by molar-refractivity contribution is -0.757. The lowest BCUT2D eigenvalue weighted by atomic mass is 9.93. The molecule has 4 aromatic rings. The number of carbonyl (C=O) groups is 3. The van der Waals surface area contributed by atoms with E-state index in [2.05, 4.69) is 30.3 Å². The Hall–Kier alpha value is -6.31. The molecule has 20 heteroatoms.